The molecule has 0 unspecified atom stereocenters. The van der Waals surface area contributed by atoms with Crippen LogP contribution in [0.3, 0.4) is 0 Å². The Hall–Kier alpha value is -1.00. The third-order valence-corrected chi connectivity index (χ3v) is 3.70. The van der Waals surface area contributed by atoms with Crippen molar-refractivity contribution in [3.8, 4) is 0 Å². The van der Waals surface area contributed by atoms with E-state index in [1.54, 1.807) is 11.8 Å². The summed E-state index contributed by atoms with van der Waals surface area (Å²) < 4.78 is 5.17. The van der Waals surface area contributed by atoms with Gasteiger partial charge in [-0.2, -0.15) is 11.8 Å². The Bertz CT molecular complexity index is 430. The zero-order valence-corrected chi connectivity index (χ0v) is 11.7. The van der Waals surface area contributed by atoms with Crippen LogP contribution in [0.2, 0.25) is 0 Å². The number of ether oxygens (including phenoxy) is 1. The Balaban J connectivity index is 1.93. The number of thioether (sulfide) groups is 1. The summed E-state index contributed by atoms with van der Waals surface area (Å²) in [4.78, 5) is 12.0. The van der Waals surface area contributed by atoms with E-state index in [2.05, 4.69) is 18.5 Å². The van der Waals surface area contributed by atoms with E-state index in [0.29, 0.717) is 6.54 Å². The number of hydrogen-bond acceptors (Lipinski definition) is 3. The maximum Gasteiger partial charge on any atom is 0.251 e. The molecule has 1 aliphatic heterocycles. The van der Waals surface area contributed by atoms with Crippen LogP contribution in [0.4, 0.5) is 0 Å². The van der Waals surface area contributed by atoms with Crippen molar-refractivity contribution in [3.05, 3.63) is 35.4 Å². The van der Waals surface area contributed by atoms with Gasteiger partial charge in [-0.15, -0.1) is 0 Å². The van der Waals surface area contributed by atoms with Crippen LogP contribution >= 0.6 is 11.8 Å². The molecule has 0 spiro atoms. The molecular formula is C14H19NO2S. The van der Waals surface area contributed by atoms with Gasteiger partial charge in [-0.3, -0.25) is 4.79 Å². The molecule has 0 saturated carbocycles. The molecule has 0 atom stereocenters. The van der Waals surface area contributed by atoms with Gasteiger partial charge in [-0.1, -0.05) is 19.1 Å². The third-order valence-electron chi connectivity index (χ3n) is 3.08. The van der Waals surface area contributed by atoms with E-state index >= 15 is 0 Å². The van der Waals surface area contributed by atoms with E-state index in [9.17, 15) is 4.79 Å². The summed E-state index contributed by atoms with van der Waals surface area (Å²) in [6.07, 6.45) is 2.06. The second-order valence-electron chi connectivity index (χ2n) is 5.12. The molecule has 0 bridgehead atoms. The molecule has 0 aliphatic carbocycles. The lowest BCUT2D eigenvalue weighted by Crippen LogP contribution is -2.48. The summed E-state index contributed by atoms with van der Waals surface area (Å²) >= 11 is 1.76. The molecule has 1 N–H and O–H groups in total. The van der Waals surface area contributed by atoms with Crippen molar-refractivity contribution in [2.45, 2.75) is 12.7 Å². The van der Waals surface area contributed by atoms with E-state index in [1.807, 2.05) is 24.3 Å². The van der Waals surface area contributed by atoms with Crippen LogP contribution in [0.5, 0.6) is 0 Å². The second-order valence-corrected chi connectivity index (χ2v) is 5.99. The Kier molecular flexibility index (Phi) is 4.30. The molecule has 2 rings (SSSR count). The third kappa shape index (κ3) is 3.27. The molecule has 1 aliphatic rings. The number of carbonyl (C=O) groups is 1. The first-order valence-corrected chi connectivity index (χ1v) is 7.46. The molecule has 1 aromatic carbocycles. The van der Waals surface area contributed by atoms with Gasteiger partial charge in [0.15, 0.2) is 0 Å². The second kappa shape index (κ2) is 5.76. The van der Waals surface area contributed by atoms with Crippen LogP contribution in [0, 0.1) is 5.41 Å². The maximum atomic E-state index is 12.0. The molecule has 1 saturated heterocycles. The van der Waals surface area contributed by atoms with E-state index in [-0.39, 0.29) is 11.3 Å². The van der Waals surface area contributed by atoms with Crippen molar-refractivity contribution >= 4 is 17.7 Å². The van der Waals surface area contributed by atoms with Crippen molar-refractivity contribution in [2.75, 3.05) is 26.0 Å². The van der Waals surface area contributed by atoms with Gasteiger partial charge in [0, 0.05) is 23.3 Å². The number of hydrogen-bond donors (Lipinski definition) is 1. The van der Waals surface area contributed by atoms with E-state index in [0.717, 1.165) is 24.5 Å². The van der Waals surface area contributed by atoms with Gasteiger partial charge < -0.3 is 10.1 Å². The number of rotatable bonds is 5. The number of amides is 1. The van der Waals surface area contributed by atoms with Crippen LogP contribution in [0.25, 0.3) is 0 Å². The molecule has 4 heteroatoms. The van der Waals surface area contributed by atoms with Crippen molar-refractivity contribution in [3.63, 3.8) is 0 Å². The van der Waals surface area contributed by atoms with Crippen LogP contribution in [-0.4, -0.2) is 31.9 Å². The number of carbonyl (C=O) groups excluding carboxylic acids is 1. The first kappa shape index (κ1) is 13.4. The molecular weight excluding hydrogens is 246 g/mol. The molecule has 18 heavy (non-hydrogen) atoms. The van der Waals surface area contributed by atoms with Crippen molar-refractivity contribution in [1.82, 2.24) is 5.32 Å². The Morgan fingerprint density at radius 3 is 2.89 bits per heavy atom. The van der Waals surface area contributed by atoms with Gasteiger partial charge >= 0.3 is 0 Å². The largest absolute Gasteiger partial charge is 0.380 e. The first-order valence-electron chi connectivity index (χ1n) is 6.07. The molecule has 98 valence electrons. The Labute approximate surface area is 112 Å². The average molecular weight is 265 g/mol. The fourth-order valence-electron chi connectivity index (χ4n) is 1.92. The fourth-order valence-corrected chi connectivity index (χ4v) is 2.43. The Morgan fingerprint density at radius 1 is 1.50 bits per heavy atom. The molecule has 1 heterocycles. The molecule has 1 aromatic rings. The molecule has 3 nitrogen and oxygen atoms in total. The van der Waals surface area contributed by atoms with Crippen molar-refractivity contribution in [1.29, 1.82) is 0 Å². The SMILES string of the molecule is CSCc1cccc(C(=O)NCC2(C)COC2)c1. The minimum absolute atomic E-state index is 0.00563. The minimum Gasteiger partial charge on any atom is -0.380 e. The summed E-state index contributed by atoms with van der Waals surface area (Å²) in [5.41, 5.74) is 2.05. The lowest BCUT2D eigenvalue weighted by molar-refractivity contribution is -0.0978. The van der Waals surface area contributed by atoms with Gasteiger partial charge in [0.25, 0.3) is 5.91 Å². The van der Waals surface area contributed by atoms with Crippen LogP contribution in [0.15, 0.2) is 24.3 Å². The minimum atomic E-state index is 0.00563. The maximum absolute atomic E-state index is 12.0. The number of nitrogens with one attached hydrogen (secondary N) is 1. The quantitative estimate of drug-likeness (QED) is 0.888. The molecule has 0 aromatic heterocycles. The van der Waals surface area contributed by atoms with Gasteiger partial charge in [-0.05, 0) is 24.0 Å². The highest BCUT2D eigenvalue weighted by Crippen LogP contribution is 2.25. The highest BCUT2D eigenvalue weighted by molar-refractivity contribution is 7.97. The number of benzene rings is 1. The first-order chi connectivity index (χ1) is 8.63. The zero-order chi connectivity index (χ0) is 13.0. The Morgan fingerprint density at radius 2 is 2.28 bits per heavy atom. The highest BCUT2D eigenvalue weighted by atomic mass is 32.2. The molecule has 0 radical (unpaired) electrons. The van der Waals surface area contributed by atoms with Gasteiger partial charge in [0.1, 0.15) is 0 Å². The van der Waals surface area contributed by atoms with Crippen molar-refractivity contribution in [2.24, 2.45) is 5.41 Å². The monoisotopic (exact) mass is 265 g/mol. The van der Waals surface area contributed by atoms with E-state index in [4.69, 9.17) is 4.74 Å². The zero-order valence-electron chi connectivity index (χ0n) is 10.9. The molecule has 1 amide bonds. The lowest BCUT2D eigenvalue weighted by atomic mass is 9.88. The average Bonchev–Trinajstić information content (AvgIpc) is 2.34. The standard InChI is InChI=1S/C14H19NO2S/c1-14(9-17-10-14)8-15-13(16)12-5-3-4-11(6-12)7-18-2/h3-6H,7-10H2,1-2H3,(H,15,16). The normalized spacial score (nSPS) is 17.0. The predicted octanol–water partition coefficient (Wildman–Crippen LogP) is 2.32. The predicted molar refractivity (Wildman–Crippen MR) is 74.9 cm³/mol. The van der Waals surface area contributed by atoms with Gasteiger partial charge in [0.2, 0.25) is 0 Å². The van der Waals surface area contributed by atoms with Crippen LogP contribution in [0.1, 0.15) is 22.8 Å². The fraction of sp³-hybridized carbons (Fsp3) is 0.500. The summed E-state index contributed by atoms with van der Waals surface area (Å²) in [5.74, 6) is 0.943. The van der Waals surface area contributed by atoms with Gasteiger partial charge in [-0.25, -0.2) is 0 Å². The topological polar surface area (TPSA) is 38.3 Å². The summed E-state index contributed by atoms with van der Waals surface area (Å²) in [6.45, 7) is 4.28. The van der Waals surface area contributed by atoms with Gasteiger partial charge in [0.05, 0.1) is 13.2 Å². The van der Waals surface area contributed by atoms with Crippen LogP contribution in [-0.2, 0) is 10.5 Å². The summed E-state index contributed by atoms with van der Waals surface area (Å²) in [6, 6.07) is 7.81. The molecule has 1 fully saturated rings. The van der Waals surface area contributed by atoms with E-state index < -0.39 is 0 Å². The van der Waals surface area contributed by atoms with E-state index in [1.165, 1.54) is 5.56 Å². The highest BCUT2D eigenvalue weighted by Gasteiger charge is 2.33. The lowest BCUT2D eigenvalue weighted by Gasteiger charge is -2.38. The van der Waals surface area contributed by atoms with Crippen LogP contribution < -0.4 is 5.32 Å². The van der Waals surface area contributed by atoms with Crippen molar-refractivity contribution < 1.29 is 9.53 Å². The smallest absolute Gasteiger partial charge is 0.251 e. The summed E-state index contributed by atoms with van der Waals surface area (Å²) in [7, 11) is 0. The summed E-state index contributed by atoms with van der Waals surface area (Å²) in [5, 5.41) is 2.98.